The summed E-state index contributed by atoms with van der Waals surface area (Å²) in [5, 5.41) is 1.24. The van der Waals surface area contributed by atoms with E-state index < -0.39 is 0 Å². The number of hydrogen-bond donors (Lipinski definition) is 0. The number of nitrogens with zero attached hydrogens (tertiary/aromatic N) is 1. The van der Waals surface area contributed by atoms with E-state index in [0.717, 1.165) is 0 Å². The fraction of sp³-hybridized carbons (Fsp3) is 0.333. The summed E-state index contributed by atoms with van der Waals surface area (Å²) < 4.78 is 13.2. The van der Waals surface area contributed by atoms with Gasteiger partial charge >= 0.3 is 0 Å². The number of benzene rings is 1. The largest absolute Gasteiger partial charge is 0.374 e. The maximum atomic E-state index is 5.67. The van der Waals surface area contributed by atoms with E-state index in [4.69, 9.17) is 9.47 Å². The molecule has 2 aromatic rings. The van der Waals surface area contributed by atoms with Crippen LogP contribution in [-0.2, 0) is 9.47 Å². The van der Waals surface area contributed by atoms with Gasteiger partial charge in [0.15, 0.2) is 6.23 Å². The highest BCUT2D eigenvalue weighted by atomic mass is 16.6. The van der Waals surface area contributed by atoms with Gasteiger partial charge in [-0.1, -0.05) is 18.2 Å². The average molecular weight is 203 g/mol. The van der Waals surface area contributed by atoms with E-state index >= 15 is 0 Å². The van der Waals surface area contributed by atoms with Crippen molar-refractivity contribution >= 4 is 10.9 Å². The quantitative estimate of drug-likeness (QED) is 0.709. The first-order valence-electron chi connectivity index (χ1n) is 5.20. The Labute approximate surface area is 88.2 Å². The molecule has 0 saturated carbocycles. The minimum atomic E-state index is 0.0265. The van der Waals surface area contributed by atoms with Crippen LogP contribution in [0.5, 0.6) is 0 Å². The van der Waals surface area contributed by atoms with E-state index in [9.17, 15) is 0 Å². The summed E-state index contributed by atoms with van der Waals surface area (Å²) in [7, 11) is 0. The van der Waals surface area contributed by atoms with Gasteiger partial charge in [-0.15, -0.1) is 0 Å². The van der Waals surface area contributed by atoms with E-state index in [0.29, 0.717) is 19.8 Å². The molecule has 1 aromatic carbocycles. The summed E-state index contributed by atoms with van der Waals surface area (Å²) >= 11 is 0. The number of para-hydroxylation sites is 1. The number of fused-ring (bicyclic) bond motifs is 1. The van der Waals surface area contributed by atoms with Crippen LogP contribution >= 0.6 is 0 Å². The van der Waals surface area contributed by atoms with Crippen LogP contribution < -0.4 is 0 Å². The number of rotatable bonds is 1. The van der Waals surface area contributed by atoms with Crippen LogP contribution in [0.2, 0.25) is 0 Å². The molecule has 3 nitrogen and oxygen atoms in total. The standard InChI is InChI=1S/C12H13NO2/c1-2-4-11-10(3-1)5-6-13(11)12-9-14-7-8-15-12/h1-6,12H,7-9H2. The predicted octanol–water partition coefficient (Wildman–Crippen LogP) is 2.19. The molecule has 0 aliphatic carbocycles. The van der Waals surface area contributed by atoms with Crippen LogP contribution in [0.25, 0.3) is 10.9 Å². The molecule has 3 rings (SSSR count). The van der Waals surface area contributed by atoms with Gasteiger partial charge in [-0.25, -0.2) is 0 Å². The Hall–Kier alpha value is -1.32. The number of ether oxygens (including phenoxy) is 2. The number of aromatic nitrogens is 1. The average Bonchev–Trinajstić information content (AvgIpc) is 2.74. The lowest BCUT2D eigenvalue weighted by Crippen LogP contribution is -2.26. The van der Waals surface area contributed by atoms with Crippen LogP contribution in [0.3, 0.4) is 0 Å². The van der Waals surface area contributed by atoms with Gasteiger partial charge in [0, 0.05) is 6.20 Å². The molecule has 0 N–H and O–H groups in total. The summed E-state index contributed by atoms with van der Waals surface area (Å²) in [5.41, 5.74) is 1.20. The first-order chi connectivity index (χ1) is 7.45. The van der Waals surface area contributed by atoms with Gasteiger partial charge in [-0.05, 0) is 17.5 Å². The van der Waals surface area contributed by atoms with Crippen LogP contribution in [0.4, 0.5) is 0 Å². The maximum absolute atomic E-state index is 5.67. The summed E-state index contributed by atoms with van der Waals surface area (Å²) in [6.45, 7) is 2.02. The molecule has 15 heavy (non-hydrogen) atoms. The first-order valence-corrected chi connectivity index (χ1v) is 5.20. The maximum Gasteiger partial charge on any atom is 0.157 e. The third kappa shape index (κ3) is 1.54. The fourth-order valence-corrected chi connectivity index (χ4v) is 1.99. The monoisotopic (exact) mass is 203 g/mol. The van der Waals surface area contributed by atoms with Crippen molar-refractivity contribution in [3.63, 3.8) is 0 Å². The smallest absolute Gasteiger partial charge is 0.157 e. The molecule has 0 radical (unpaired) electrons. The molecule has 2 heterocycles. The molecule has 0 spiro atoms. The summed E-state index contributed by atoms with van der Waals surface area (Å²) in [4.78, 5) is 0. The Bertz CT molecular complexity index is 457. The van der Waals surface area contributed by atoms with E-state index in [1.807, 2.05) is 12.1 Å². The lowest BCUT2D eigenvalue weighted by atomic mass is 10.2. The van der Waals surface area contributed by atoms with Crippen molar-refractivity contribution in [1.29, 1.82) is 0 Å². The predicted molar refractivity (Wildman–Crippen MR) is 57.7 cm³/mol. The second-order valence-electron chi connectivity index (χ2n) is 3.68. The molecule has 1 unspecified atom stereocenters. The molecule has 1 saturated heterocycles. The van der Waals surface area contributed by atoms with E-state index in [1.165, 1.54) is 10.9 Å². The Kier molecular flexibility index (Phi) is 2.19. The van der Waals surface area contributed by atoms with Crippen molar-refractivity contribution in [2.45, 2.75) is 6.23 Å². The lowest BCUT2D eigenvalue weighted by molar-refractivity contribution is -0.120. The van der Waals surface area contributed by atoms with Gasteiger partial charge in [0.05, 0.1) is 25.3 Å². The Balaban J connectivity index is 2.02. The zero-order valence-electron chi connectivity index (χ0n) is 8.43. The van der Waals surface area contributed by atoms with Gasteiger partial charge in [-0.3, -0.25) is 0 Å². The van der Waals surface area contributed by atoms with Crippen molar-refractivity contribution in [3.8, 4) is 0 Å². The second-order valence-corrected chi connectivity index (χ2v) is 3.68. The first kappa shape index (κ1) is 8.95. The molecule has 1 aromatic heterocycles. The van der Waals surface area contributed by atoms with Gasteiger partial charge in [-0.2, -0.15) is 0 Å². The van der Waals surface area contributed by atoms with E-state index in [2.05, 4.69) is 29.0 Å². The van der Waals surface area contributed by atoms with Crippen molar-refractivity contribution in [2.75, 3.05) is 19.8 Å². The van der Waals surface area contributed by atoms with Crippen LogP contribution in [0.15, 0.2) is 36.5 Å². The molecule has 1 aliphatic heterocycles. The van der Waals surface area contributed by atoms with Crippen molar-refractivity contribution < 1.29 is 9.47 Å². The SMILES string of the molecule is c1ccc2c(c1)ccn2C1COCCO1. The Morgan fingerprint density at radius 3 is 2.93 bits per heavy atom. The van der Waals surface area contributed by atoms with Crippen LogP contribution in [-0.4, -0.2) is 24.4 Å². The summed E-state index contributed by atoms with van der Waals surface area (Å²) in [6, 6.07) is 10.4. The van der Waals surface area contributed by atoms with Crippen molar-refractivity contribution in [3.05, 3.63) is 36.5 Å². The molecule has 0 bridgehead atoms. The lowest BCUT2D eigenvalue weighted by Gasteiger charge is -2.24. The molecule has 78 valence electrons. The summed E-state index contributed by atoms with van der Waals surface area (Å²) in [5.74, 6) is 0. The highest BCUT2D eigenvalue weighted by Crippen LogP contribution is 2.22. The molecule has 1 atom stereocenters. The van der Waals surface area contributed by atoms with Crippen molar-refractivity contribution in [2.24, 2.45) is 0 Å². The highest BCUT2D eigenvalue weighted by Gasteiger charge is 2.16. The van der Waals surface area contributed by atoms with E-state index in [-0.39, 0.29) is 6.23 Å². The Morgan fingerprint density at radius 2 is 2.07 bits per heavy atom. The molecule has 1 fully saturated rings. The van der Waals surface area contributed by atoms with Gasteiger partial charge < -0.3 is 14.0 Å². The van der Waals surface area contributed by atoms with Crippen LogP contribution in [0, 0.1) is 0 Å². The zero-order chi connectivity index (χ0) is 10.1. The second kappa shape index (κ2) is 3.68. The van der Waals surface area contributed by atoms with E-state index in [1.54, 1.807) is 0 Å². The topological polar surface area (TPSA) is 23.4 Å². The van der Waals surface area contributed by atoms with Crippen LogP contribution in [0.1, 0.15) is 6.23 Å². The normalized spacial score (nSPS) is 22.0. The minimum absolute atomic E-state index is 0.0265. The third-order valence-corrected chi connectivity index (χ3v) is 2.74. The fourth-order valence-electron chi connectivity index (χ4n) is 1.99. The minimum Gasteiger partial charge on any atom is -0.374 e. The van der Waals surface area contributed by atoms with Gasteiger partial charge in [0.1, 0.15) is 0 Å². The van der Waals surface area contributed by atoms with Gasteiger partial charge in [0.25, 0.3) is 0 Å². The zero-order valence-corrected chi connectivity index (χ0v) is 8.43. The highest BCUT2D eigenvalue weighted by molar-refractivity contribution is 5.80. The van der Waals surface area contributed by atoms with Gasteiger partial charge in [0.2, 0.25) is 0 Å². The summed E-state index contributed by atoms with van der Waals surface area (Å²) in [6.07, 6.45) is 2.09. The molecular weight excluding hydrogens is 190 g/mol. The molecule has 3 heteroatoms. The molecular formula is C12H13NO2. The third-order valence-electron chi connectivity index (χ3n) is 2.74. The molecule has 1 aliphatic rings. The number of hydrogen-bond acceptors (Lipinski definition) is 2. The molecule has 0 amide bonds. The van der Waals surface area contributed by atoms with Crippen molar-refractivity contribution in [1.82, 2.24) is 4.57 Å². The Morgan fingerprint density at radius 1 is 1.13 bits per heavy atom.